The highest BCUT2D eigenvalue weighted by molar-refractivity contribution is 5.82. The van der Waals surface area contributed by atoms with Crippen LogP contribution in [-0.2, 0) is 19.1 Å². The van der Waals surface area contributed by atoms with Crippen LogP contribution in [-0.4, -0.2) is 35.8 Å². The summed E-state index contributed by atoms with van der Waals surface area (Å²) >= 11 is 0. The standard InChI is InChI=1S/C18H22N2O4/c1-12(10-18(23)24-3)19-17(22)11-16-15-7-5-4-6-14(15)8-9-20(16)13(2)21/h4-9,12,16H,10-11H2,1-3H3,(H,19,22). The maximum atomic E-state index is 12.3. The van der Waals surface area contributed by atoms with E-state index in [1.807, 2.05) is 30.3 Å². The molecular formula is C18H22N2O4. The molecule has 0 spiro atoms. The molecule has 2 rings (SSSR count). The average Bonchev–Trinajstić information content (AvgIpc) is 2.54. The van der Waals surface area contributed by atoms with Gasteiger partial charge in [0.15, 0.2) is 0 Å². The molecule has 2 amide bonds. The molecule has 0 aromatic heterocycles. The van der Waals surface area contributed by atoms with Gasteiger partial charge in [-0.2, -0.15) is 0 Å². The van der Waals surface area contributed by atoms with Crippen LogP contribution in [0.1, 0.15) is 43.9 Å². The van der Waals surface area contributed by atoms with Gasteiger partial charge in [-0.05, 0) is 24.1 Å². The van der Waals surface area contributed by atoms with Gasteiger partial charge in [0.1, 0.15) is 0 Å². The van der Waals surface area contributed by atoms with Gasteiger partial charge in [0, 0.05) is 19.2 Å². The number of hydrogen-bond acceptors (Lipinski definition) is 4. The number of carbonyl (C=O) groups is 3. The Hall–Kier alpha value is -2.63. The summed E-state index contributed by atoms with van der Waals surface area (Å²) in [5.41, 5.74) is 1.93. The second-order valence-electron chi connectivity index (χ2n) is 5.84. The molecular weight excluding hydrogens is 308 g/mol. The molecule has 1 aliphatic heterocycles. The minimum atomic E-state index is -0.376. The summed E-state index contributed by atoms with van der Waals surface area (Å²) in [6.07, 6.45) is 3.82. The zero-order chi connectivity index (χ0) is 17.7. The van der Waals surface area contributed by atoms with Crippen LogP contribution in [0.4, 0.5) is 0 Å². The average molecular weight is 330 g/mol. The molecule has 6 nitrogen and oxygen atoms in total. The van der Waals surface area contributed by atoms with Crippen molar-refractivity contribution in [1.29, 1.82) is 0 Å². The molecule has 1 heterocycles. The minimum Gasteiger partial charge on any atom is -0.469 e. The second-order valence-corrected chi connectivity index (χ2v) is 5.84. The fraction of sp³-hybridized carbons (Fsp3) is 0.389. The first-order valence-electron chi connectivity index (χ1n) is 7.84. The lowest BCUT2D eigenvalue weighted by Crippen LogP contribution is -2.39. The van der Waals surface area contributed by atoms with E-state index in [-0.39, 0.29) is 42.7 Å². The summed E-state index contributed by atoms with van der Waals surface area (Å²) in [5.74, 6) is -0.715. The normalized spacial score (nSPS) is 17.0. The molecule has 24 heavy (non-hydrogen) atoms. The first kappa shape index (κ1) is 17.7. The van der Waals surface area contributed by atoms with Gasteiger partial charge in [-0.3, -0.25) is 14.4 Å². The number of benzene rings is 1. The zero-order valence-electron chi connectivity index (χ0n) is 14.1. The lowest BCUT2D eigenvalue weighted by atomic mass is 9.93. The molecule has 128 valence electrons. The van der Waals surface area contributed by atoms with Crippen LogP contribution < -0.4 is 5.32 Å². The van der Waals surface area contributed by atoms with Gasteiger partial charge < -0.3 is 15.0 Å². The van der Waals surface area contributed by atoms with Crippen molar-refractivity contribution < 1.29 is 19.1 Å². The molecule has 1 aliphatic rings. The quantitative estimate of drug-likeness (QED) is 0.838. The lowest BCUT2D eigenvalue weighted by Gasteiger charge is -2.32. The maximum Gasteiger partial charge on any atom is 0.307 e. The Morgan fingerprint density at radius 3 is 2.67 bits per heavy atom. The molecule has 0 saturated heterocycles. The van der Waals surface area contributed by atoms with Crippen molar-refractivity contribution in [3.8, 4) is 0 Å². The largest absolute Gasteiger partial charge is 0.469 e. The van der Waals surface area contributed by atoms with Crippen LogP contribution >= 0.6 is 0 Å². The van der Waals surface area contributed by atoms with Crippen LogP contribution in [0.5, 0.6) is 0 Å². The van der Waals surface area contributed by atoms with Crippen molar-refractivity contribution in [2.75, 3.05) is 7.11 Å². The molecule has 2 atom stereocenters. The number of carbonyl (C=O) groups excluding carboxylic acids is 3. The van der Waals surface area contributed by atoms with Gasteiger partial charge in [-0.25, -0.2) is 0 Å². The first-order valence-corrected chi connectivity index (χ1v) is 7.84. The maximum absolute atomic E-state index is 12.3. The van der Waals surface area contributed by atoms with E-state index < -0.39 is 0 Å². The minimum absolute atomic E-state index is 0.111. The van der Waals surface area contributed by atoms with Crippen LogP contribution in [0.25, 0.3) is 6.08 Å². The first-order chi connectivity index (χ1) is 11.4. The number of methoxy groups -OCH3 is 1. The number of esters is 1. The third-order valence-electron chi connectivity index (χ3n) is 3.96. The van der Waals surface area contributed by atoms with E-state index in [4.69, 9.17) is 0 Å². The Labute approximate surface area is 141 Å². The Morgan fingerprint density at radius 1 is 1.29 bits per heavy atom. The van der Waals surface area contributed by atoms with Gasteiger partial charge >= 0.3 is 5.97 Å². The predicted molar refractivity (Wildman–Crippen MR) is 89.6 cm³/mol. The summed E-state index contributed by atoms with van der Waals surface area (Å²) in [6, 6.07) is 7.00. The molecule has 0 aliphatic carbocycles. The van der Waals surface area contributed by atoms with Crippen LogP contribution in [0.3, 0.4) is 0 Å². The van der Waals surface area contributed by atoms with E-state index in [1.54, 1.807) is 18.0 Å². The van der Waals surface area contributed by atoms with Crippen molar-refractivity contribution in [3.05, 3.63) is 41.6 Å². The molecule has 0 fully saturated rings. The smallest absolute Gasteiger partial charge is 0.307 e. The molecule has 1 aromatic rings. The van der Waals surface area contributed by atoms with Gasteiger partial charge in [0.25, 0.3) is 0 Å². The predicted octanol–water partition coefficient (Wildman–Crippen LogP) is 2.02. The van der Waals surface area contributed by atoms with Crippen LogP contribution in [0, 0.1) is 0 Å². The number of fused-ring (bicyclic) bond motifs is 1. The zero-order valence-corrected chi connectivity index (χ0v) is 14.1. The van der Waals surface area contributed by atoms with Crippen molar-refractivity contribution in [2.45, 2.75) is 38.8 Å². The number of rotatable bonds is 5. The topological polar surface area (TPSA) is 75.7 Å². The van der Waals surface area contributed by atoms with E-state index in [2.05, 4.69) is 10.1 Å². The second kappa shape index (κ2) is 7.77. The highest BCUT2D eigenvalue weighted by Crippen LogP contribution is 2.32. The SMILES string of the molecule is COC(=O)CC(C)NC(=O)CC1c2ccccc2C=CN1C(C)=O. The fourth-order valence-corrected chi connectivity index (χ4v) is 2.81. The van der Waals surface area contributed by atoms with Crippen molar-refractivity contribution in [3.63, 3.8) is 0 Å². The van der Waals surface area contributed by atoms with E-state index in [0.717, 1.165) is 11.1 Å². The molecule has 0 saturated carbocycles. The summed E-state index contributed by atoms with van der Waals surface area (Å²) < 4.78 is 4.60. The number of nitrogens with zero attached hydrogens (tertiary/aromatic N) is 1. The molecule has 1 aromatic carbocycles. The highest BCUT2D eigenvalue weighted by atomic mass is 16.5. The summed E-state index contributed by atoms with van der Waals surface area (Å²) in [6.45, 7) is 3.22. The third kappa shape index (κ3) is 4.22. The number of hydrogen-bond donors (Lipinski definition) is 1. The van der Waals surface area contributed by atoms with Gasteiger partial charge in [-0.1, -0.05) is 24.3 Å². The lowest BCUT2D eigenvalue weighted by molar-refractivity contribution is -0.141. The number of ether oxygens (including phenoxy) is 1. The van der Waals surface area contributed by atoms with Crippen LogP contribution in [0.2, 0.25) is 0 Å². The molecule has 6 heteroatoms. The summed E-state index contributed by atoms with van der Waals surface area (Å²) in [7, 11) is 1.31. The Balaban J connectivity index is 2.10. The Morgan fingerprint density at radius 2 is 2.00 bits per heavy atom. The fourth-order valence-electron chi connectivity index (χ4n) is 2.81. The monoisotopic (exact) mass is 330 g/mol. The molecule has 2 unspecified atom stereocenters. The molecule has 1 N–H and O–H groups in total. The van der Waals surface area contributed by atoms with Crippen molar-refractivity contribution >= 4 is 23.9 Å². The Bertz CT molecular complexity index is 669. The van der Waals surface area contributed by atoms with E-state index in [9.17, 15) is 14.4 Å². The Kier molecular flexibility index (Phi) is 5.73. The van der Waals surface area contributed by atoms with E-state index >= 15 is 0 Å². The van der Waals surface area contributed by atoms with E-state index in [1.165, 1.54) is 14.0 Å². The summed E-state index contributed by atoms with van der Waals surface area (Å²) in [4.78, 5) is 37.1. The van der Waals surface area contributed by atoms with Gasteiger partial charge in [0.2, 0.25) is 11.8 Å². The number of amides is 2. The molecule has 0 bridgehead atoms. The van der Waals surface area contributed by atoms with E-state index in [0.29, 0.717) is 0 Å². The summed E-state index contributed by atoms with van der Waals surface area (Å²) in [5, 5.41) is 2.78. The van der Waals surface area contributed by atoms with Gasteiger partial charge in [0.05, 0.1) is 26.0 Å². The van der Waals surface area contributed by atoms with Gasteiger partial charge in [-0.15, -0.1) is 0 Å². The third-order valence-corrected chi connectivity index (χ3v) is 3.96. The highest BCUT2D eigenvalue weighted by Gasteiger charge is 2.28. The van der Waals surface area contributed by atoms with Crippen molar-refractivity contribution in [1.82, 2.24) is 10.2 Å². The van der Waals surface area contributed by atoms with Crippen molar-refractivity contribution in [2.24, 2.45) is 0 Å². The molecule has 0 radical (unpaired) electrons. The van der Waals surface area contributed by atoms with Crippen LogP contribution in [0.15, 0.2) is 30.5 Å². The number of nitrogens with one attached hydrogen (secondary N) is 1.